The van der Waals surface area contributed by atoms with E-state index in [9.17, 15) is 4.79 Å². The van der Waals surface area contributed by atoms with Crippen molar-refractivity contribution in [3.8, 4) is 11.8 Å². The number of aromatic nitrogens is 1. The van der Waals surface area contributed by atoms with Crippen LogP contribution in [-0.2, 0) is 6.54 Å². The summed E-state index contributed by atoms with van der Waals surface area (Å²) in [6.45, 7) is 2.05. The fourth-order valence-corrected chi connectivity index (χ4v) is 1.89. The van der Waals surface area contributed by atoms with Crippen molar-refractivity contribution >= 4 is 10.9 Å². The molecule has 4 heteroatoms. The summed E-state index contributed by atoms with van der Waals surface area (Å²) in [6, 6.07) is 8.93. The smallest absolute Gasteiger partial charge is 0.189 e. The van der Waals surface area contributed by atoms with Crippen molar-refractivity contribution < 1.29 is 4.74 Å². The monoisotopic (exact) mass is 228 g/mol. The van der Waals surface area contributed by atoms with Crippen LogP contribution in [0.1, 0.15) is 5.69 Å². The van der Waals surface area contributed by atoms with Crippen molar-refractivity contribution in [2.75, 3.05) is 7.11 Å². The van der Waals surface area contributed by atoms with E-state index in [1.165, 1.54) is 0 Å². The highest BCUT2D eigenvalue weighted by atomic mass is 16.5. The molecule has 0 bridgehead atoms. The third-order valence-corrected chi connectivity index (χ3v) is 2.75. The standard InChI is InChI=1S/C13H12N2O2/c1-9-7-13(16)11-8-10(17-2)3-4-12(11)15(9)6-5-14/h3-4,7-8H,6H2,1-2H3. The summed E-state index contributed by atoms with van der Waals surface area (Å²) >= 11 is 0. The Kier molecular flexibility index (Phi) is 2.84. The first-order valence-corrected chi connectivity index (χ1v) is 5.22. The Labute approximate surface area is 98.7 Å². The summed E-state index contributed by atoms with van der Waals surface area (Å²) in [5.74, 6) is 0.641. The Balaban J connectivity index is 2.84. The van der Waals surface area contributed by atoms with E-state index in [2.05, 4.69) is 6.07 Å². The minimum absolute atomic E-state index is 0.0504. The van der Waals surface area contributed by atoms with Crippen LogP contribution in [0.25, 0.3) is 10.9 Å². The van der Waals surface area contributed by atoms with Gasteiger partial charge >= 0.3 is 0 Å². The van der Waals surface area contributed by atoms with Gasteiger partial charge in [-0.3, -0.25) is 4.79 Å². The van der Waals surface area contributed by atoms with Gasteiger partial charge in [-0.1, -0.05) is 0 Å². The van der Waals surface area contributed by atoms with E-state index >= 15 is 0 Å². The minimum atomic E-state index is -0.0504. The molecule has 0 saturated heterocycles. The largest absolute Gasteiger partial charge is 0.497 e. The Morgan fingerprint density at radius 1 is 1.41 bits per heavy atom. The molecule has 0 aliphatic heterocycles. The Morgan fingerprint density at radius 3 is 2.82 bits per heavy atom. The van der Waals surface area contributed by atoms with E-state index in [0.29, 0.717) is 11.1 Å². The van der Waals surface area contributed by atoms with Gasteiger partial charge < -0.3 is 9.30 Å². The number of hydrogen-bond acceptors (Lipinski definition) is 3. The molecular weight excluding hydrogens is 216 g/mol. The second-order valence-electron chi connectivity index (χ2n) is 3.78. The van der Waals surface area contributed by atoms with Crippen LogP contribution in [0.4, 0.5) is 0 Å². The van der Waals surface area contributed by atoms with Gasteiger partial charge in [0, 0.05) is 17.1 Å². The number of benzene rings is 1. The van der Waals surface area contributed by atoms with Gasteiger partial charge in [0.1, 0.15) is 12.3 Å². The molecule has 0 fully saturated rings. The third kappa shape index (κ3) is 1.87. The van der Waals surface area contributed by atoms with Gasteiger partial charge in [0.05, 0.1) is 18.7 Å². The first-order chi connectivity index (χ1) is 8.17. The molecule has 1 aromatic carbocycles. The fraction of sp³-hybridized carbons (Fsp3) is 0.231. The Morgan fingerprint density at radius 2 is 2.18 bits per heavy atom. The van der Waals surface area contributed by atoms with Crippen LogP contribution in [0.5, 0.6) is 5.75 Å². The predicted molar refractivity (Wildman–Crippen MR) is 65.1 cm³/mol. The van der Waals surface area contributed by atoms with Crippen LogP contribution < -0.4 is 10.2 Å². The molecule has 2 aromatic rings. The van der Waals surface area contributed by atoms with E-state index in [0.717, 1.165) is 11.2 Å². The number of aryl methyl sites for hydroxylation is 1. The number of hydrogen-bond donors (Lipinski definition) is 0. The molecule has 2 rings (SSSR count). The highest BCUT2D eigenvalue weighted by Gasteiger charge is 2.07. The number of nitriles is 1. The molecule has 0 amide bonds. The average Bonchev–Trinajstić information content (AvgIpc) is 2.34. The molecule has 0 atom stereocenters. The Bertz CT molecular complexity index is 665. The van der Waals surface area contributed by atoms with Gasteiger partial charge in [-0.25, -0.2) is 0 Å². The average molecular weight is 228 g/mol. The molecule has 0 N–H and O–H groups in total. The maximum Gasteiger partial charge on any atom is 0.189 e. The van der Waals surface area contributed by atoms with Crippen LogP contribution >= 0.6 is 0 Å². The number of ether oxygens (including phenoxy) is 1. The lowest BCUT2D eigenvalue weighted by Crippen LogP contribution is -2.11. The molecule has 1 aromatic heterocycles. The normalized spacial score (nSPS) is 10.2. The van der Waals surface area contributed by atoms with Crippen LogP contribution in [0, 0.1) is 18.3 Å². The molecular formula is C13H12N2O2. The third-order valence-electron chi connectivity index (χ3n) is 2.75. The molecule has 86 valence electrons. The molecule has 0 aliphatic rings. The maximum absolute atomic E-state index is 11.9. The van der Waals surface area contributed by atoms with E-state index < -0.39 is 0 Å². The lowest BCUT2D eigenvalue weighted by molar-refractivity contribution is 0.415. The molecule has 0 radical (unpaired) electrons. The molecule has 0 aliphatic carbocycles. The highest BCUT2D eigenvalue weighted by molar-refractivity contribution is 5.81. The van der Waals surface area contributed by atoms with Crippen molar-refractivity contribution in [3.05, 3.63) is 40.2 Å². The molecule has 0 spiro atoms. The van der Waals surface area contributed by atoms with Crippen molar-refractivity contribution in [2.24, 2.45) is 0 Å². The second-order valence-corrected chi connectivity index (χ2v) is 3.78. The van der Waals surface area contributed by atoms with Crippen molar-refractivity contribution in [2.45, 2.75) is 13.5 Å². The van der Waals surface area contributed by atoms with Gasteiger partial charge in [0.2, 0.25) is 0 Å². The molecule has 0 unspecified atom stereocenters. The lowest BCUT2D eigenvalue weighted by Gasteiger charge is -2.11. The zero-order chi connectivity index (χ0) is 12.4. The van der Waals surface area contributed by atoms with Gasteiger partial charge in [-0.2, -0.15) is 5.26 Å². The number of pyridine rings is 1. The summed E-state index contributed by atoms with van der Waals surface area (Å²) in [6.07, 6.45) is 0. The van der Waals surface area contributed by atoms with Crippen LogP contribution in [0.3, 0.4) is 0 Å². The first-order valence-electron chi connectivity index (χ1n) is 5.22. The summed E-state index contributed by atoms with van der Waals surface area (Å²) in [7, 11) is 1.56. The van der Waals surface area contributed by atoms with E-state index in [-0.39, 0.29) is 12.0 Å². The van der Waals surface area contributed by atoms with Gasteiger partial charge in [-0.05, 0) is 25.1 Å². The van der Waals surface area contributed by atoms with E-state index in [1.807, 2.05) is 11.5 Å². The molecule has 17 heavy (non-hydrogen) atoms. The zero-order valence-electron chi connectivity index (χ0n) is 9.73. The lowest BCUT2D eigenvalue weighted by atomic mass is 10.1. The summed E-state index contributed by atoms with van der Waals surface area (Å²) < 4.78 is 6.91. The topological polar surface area (TPSA) is 55.0 Å². The summed E-state index contributed by atoms with van der Waals surface area (Å²) in [4.78, 5) is 11.9. The highest BCUT2D eigenvalue weighted by Crippen LogP contribution is 2.19. The molecule has 0 saturated carbocycles. The number of rotatable bonds is 2. The van der Waals surface area contributed by atoms with E-state index in [4.69, 9.17) is 10.00 Å². The van der Waals surface area contributed by atoms with Crippen LogP contribution in [0.2, 0.25) is 0 Å². The van der Waals surface area contributed by atoms with Crippen LogP contribution in [0.15, 0.2) is 29.1 Å². The molecule has 1 heterocycles. The van der Waals surface area contributed by atoms with Crippen molar-refractivity contribution in [1.29, 1.82) is 5.26 Å². The quantitative estimate of drug-likeness (QED) is 0.788. The SMILES string of the molecule is COc1ccc2c(c1)c(=O)cc(C)n2CC#N. The predicted octanol–water partition coefficient (Wildman–Crippen LogP) is 1.84. The number of nitrogens with zero attached hydrogens (tertiary/aromatic N) is 2. The maximum atomic E-state index is 11.9. The first kappa shape index (κ1) is 11.2. The van der Waals surface area contributed by atoms with Crippen LogP contribution in [-0.4, -0.2) is 11.7 Å². The Hall–Kier alpha value is -2.28. The van der Waals surface area contributed by atoms with Crippen molar-refractivity contribution in [1.82, 2.24) is 4.57 Å². The van der Waals surface area contributed by atoms with Gasteiger partial charge in [0.25, 0.3) is 0 Å². The minimum Gasteiger partial charge on any atom is -0.497 e. The zero-order valence-corrected chi connectivity index (χ0v) is 9.73. The van der Waals surface area contributed by atoms with Gasteiger partial charge in [0.15, 0.2) is 5.43 Å². The van der Waals surface area contributed by atoms with Gasteiger partial charge in [-0.15, -0.1) is 0 Å². The molecule has 4 nitrogen and oxygen atoms in total. The van der Waals surface area contributed by atoms with E-state index in [1.54, 1.807) is 31.4 Å². The number of fused-ring (bicyclic) bond motifs is 1. The van der Waals surface area contributed by atoms with Crippen molar-refractivity contribution in [3.63, 3.8) is 0 Å². The number of methoxy groups -OCH3 is 1. The fourth-order valence-electron chi connectivity index (χ4n) is 1.89. The summed E-state index contributed by atoms with van der Waals surface area (Å²) in [5, 5.41) is 9.37. The second kappa shape index (κ2) is 4.30. The summed E-state index contributed by atoms with van der Waals surface area (Å²) in [5.41, 5.74) is 1.50.